The maximum atomic E-state index is 14.2. The Balaban J connectivity index is 1.81. The average molecular weight is 1090 g/mol. The Morgan fingerprint density at radius 2 is 0.859 bits per heavy atom. The zero-order valence-electron chi connectivity index (χ0n) is 40.3. The second-order valence-electron chi connectivity index (χ2n) is 16.2. The molecule has 3 heterocycles. The molecular weight excluding hydrogens is 1040 g/mol. The molecule has 2 aromatic carbocycles. The molecule has 0 spiro atoms. The molecule has 4 aromatic rings. The molecule has 1 aliphatic rings. The van der Waals surface area contributed by atoms with Crippen LogP contribution < -0.4 is 0 Å². The Morgan fingerprint density at radius 1 is 0.493 bits per heavy atom. The van der Waals surface area contributed by atoms with Gasteiger partial charge in [0.05, 0.1) is 71.2 Å². The van der Waals surface area contributed by atoms with Crippen LogP contribution in [0.5, 0.6) is 0 Å². The lowest BCUT2D eigenvalue weighted by atomic mass is 9.77. The quantitative estimate of drug-likeness (QED) is 0.0446. The minimum atomic E-state index is -1.61. The monoisotopic (exact) mass is 1090 g/mol. The number of ether oxygens (including phenoxy) is 8. The van der Waals surface area contributed by atoms with Crippen molar-refractivity contribution in [2.45, 2.75) is 89.4 Å². The van der Waals surface area contributed by atoms with Gasteiger partial charge in [-0.3, -0.25) is 33.8 Å². The topological polar surface area (TPSA) is 254 Å². The number of H-pyrrole nitrogens is 2. The van der Waals surface area contributed by atoms with Crippen molar-refractivity contribution < 1.29 is 76.3 Å². The normalized spacial score (nSPS) is 12.6. The van der Waals surface area contributed by atoms with Crippen molar-refractivity contribution in [3.63, 3.8) is 0 Å². The molecular formula is C51H56IN3O16. The molecule has 378 valence electrons. The standard InChI is InChI=1S/C51H56IN3O16/c1-64-40(56)20-17-32-35(23-43(59)67-4)38(53-46(32)49(62)70-28-30-13-9-7-10-14-30)26-51(37(25-45(61)69-6)34(48(52)55-51)19-22-42(58)66-3)27-39-36(24-44(60)68-5)33(18-21-41(57)65-2)47(54-39)50(63)71-29-31-15-11-8-12-16-31/h7-16,53-54H,17-29H2,1-6H3. The highest BCUT2D eigenvalue weighted by Gasteiger charge is 2.46. The maximum absolute atomic E-state index is 14.2. The fourth-order valence-electron chi connectivity index (χ4n) is 8.32. The van der Waals surface area contributed by atoms with Crippen LogP contribution in [0.15, 0.2) is 76.8 Å². The summed E-state index contributed by atoms with van der Waals surface area (Å²) < 4.78 is 42.3. The highest BCUT2D eigenvalue weighted by atomic mass is 127. The number of methoxy groups -OCH3 is 6. The number of allylic oxidation sites excluding steroid dienone is 1. The van der Waals surface area contributed by atoms with Crippen LogP contribution in [0.25, 0.3) is 0 Å². The van der Waals surface area contributed by atoms with Crippen LogP contribution in [0.4, 0.5) is 0 Å². The second-order valence-corrected chi connectivity index (χ2v) is 17.2. The summed E-state index contributed by atoms with van der Waals surface area (Å²) in [6, 6.07) is 17.9. The average Bonchev–Trinajstić information content (AvgIpc) is 3.98. The van der Waals surface area contributed by atoms with Gasteiger partial charge in [0.25, 0.3) is 0 Å². The number of hydrogen-bond acceptors (Lipinski definition) is 17. The molecule has 0 atom stereocenters. The molecule has 71 heavy (non-hydrogen) atoms. The molecule has 1 aliphatic heterocycles. The number of benzene rings is 2. The predicted octanol–water partition coefficient (Wildman–Crippen LogP) is 5.88. The van der Waals surface area contributed by atoms with E-state index >= 15 is 0 Å². The summed E-state index contributed by atoms with van der Waals surface area (Å²) >= 11 is 2.00. The molecule has 0 amide bonds. The maximum Gasteiger partial charge on any atom is 0.355 e. The SMILES string of the molecule is COC(=O)CCC1=C(CC(=O)OC)C(Cc2[nH]c(C(=O)OCc3ccccc3)c(CCC(=O)OC)c2CC(=O)OC)(Cc2[nH]c(C(=O)OCc3ccccc3)c(CCC(=O)OC)c2CC(=O)OC)N=C1I. The predicted molar refractivity (Wildman–Crippen MR) is 261 cm³/mol. The number of carbonyl (C=O) groups excluding carboxylic acids is 8. The number of aliphatic imine (C=N–C) groups is 1. The summed E-state index contributed by atoms with van der Waals surface area (Å²) in [6.45, 7) is -0.244. The third-order valence-electron chi connectivity index (χ3n) is 11.9. The first-order valence-electron chi connectivity index (χ1n) is 22.4. The van der Waals surface area contributed by atoms with Gasteiger partial charge in [-0.2, -0.15) is 0 Å². The number of rotatable bonds is 25. The van der Waals surface area contributed by atoms with Crippen LogP contribution in [0, 0.1) is 0 Å². The van der Waals surface area contributed by atoms with Gasteiger partial charge in [0, 0.05) is 43.5 Å². The smallest absolute Gasteiger partial charge is 0.355 e. The fourth-order valence-corrected chi connectivity index (χ4v) is 9.38. The first-order valence-corrected chi connectivity index (χ1v) is 23.4. The Morgan fingerprint density at radius 3 is 1.24 bits per heavy atom. The zero-order valence-corrected chi connectivity index (χ0v) is 42.5. The largest absolute Gasteiger partial charge is 0.469 e. The summed E-state index contributed by atoms with van der Waals surface area (Å²) in [5.74, 6) is -5.46. The molecule has 5 rings (SSSR count). The first-order chi connectivity index (χ1) is 34.1. The minimum absolute atomic E-state index is 0.0465. The highest BCUT2D eigenvalue weighted by molar-refractivity contribution is 14.1. The van der Waals surface area contributed by atoms with Gasteiger partial charge in [-0.15, -0.1) is 0 Å². The number of aromatic nitrogens is 2. The van der Waals surface area contributed by atoms with Crippen molar-refractivity contribution in [2.75, 3.05) is 42.7 Å². The van der Waals surface area contributed by atoms with Crippen LogP contribution in [0.3, 0.4) is 0 Å². The molecule has 0 saturated carbocycles. The Bertz CT molecular complexity index is 2520. The number of hydrogen-bond donors (Lipinski definition) is 2. The van der Waals surface area contributed by atoms with Gasteiger partial charge >= 0.3 is 47.8 Å². The fraction of sp³-hybridized carbons (Fsp3) is 0.392. The van der Waals surface area contributed by atoms with Crippen molar-refractivity contribution in [3.05, 3.63) is 128 Å². The molecule has 0 saturated heterocycles. The van der Waals surface area contributed by atoms with Gasteiger partial charge in [0.2, 0.25) is 0 Å². The van der Waals surface area contributed by atoms with E-state index in [1.165, 1.54) is 42.7 Å². The van der Waals surface area contributed by atoms with Crippen LogP contribution in [-0.4, -0.2) is 110 Å². The molecule has 2 N–H and O–H groups in total. The lowest BCUT2D eigenvalue weighted by Gasteiger charge is -2.31. The van der Waals surface area contributed by atoms with E-state index in [1.54, 1.807) is 48.5 Å². The van der Waals surface area contributed by atoms with E-state index in [0.29, 0.717) is 26.0 Å². The van der Waals surface area contributed by atoms with Crippen molar-refractivity contribution in [1.29, 1.82) is 0 Å². The van der Waals surface area contributed by atoms with E-state index < -0.39 is 66.1 Å². The van der Waals surface area contributed by atoms with E-state index in [4.69, 9.17) is 42.9 Å². The first kappa shape index (κ1) is 54.8. The lowest BCUT2D eigenvalue weighted by Crippen LogP contribution is -2.36. The molecule has 0 radical (unpaired) electrons. The van der Waals surface area contributed by atoms with Gasteiger partial charge in [-0.05, 0) is 86.4 Å². The summed E-state index contributed by atoms with van der Waals surface area (Å²) in [4.78, 5) is 118. The molecule has 0 fully saturated rings. The summed E-state index contributed by atoms with van der Waals surface area (Å²) in [5.41, 5.74) is 2.01. The van der Waals surface area contributed by atoms with Crippen molar-refractivity contribution >= 4 is 74.1 Å². The van der Waals surface area contributed by atoms with E-state index in [2.05, 4.69) is 9.97 Å². The lowest BCUT2D eigenvalue weighted by molar-refractivity contribution is -0.141. The zero-order chi connectivity index (χ0) is 51.7. The van der Waals surface area contributed by atoms with Crippen molar-refractivity contribution in [3.8, 4) is 0 Å². The number of nitrogens with one attached hydrogen (secondary N) is 2. The number of nitrogens with zero attached hydrogens (tertiary/aromatic N) is 1. The van der Waals surface area contributed by atoms with E-state index in [1.807, 2.05) is 34.7 Å². The van der Waals surface area contributed by atoms with E-state index in [9.17, 15) is 38.4 Å². The molecule has 0 bridgehead atoms. The summed E-state index contributed by atoms with van der Waals surface area (Å²) in [6.07, 6.45) is -2.30. The third kappa shape index (κ3) is 14.5. The van der Waals surface area contributed by atoms with E-state index in [0.717, 1.165) is 0 Å². The minimum Gasteiger partial charge on any atom is -0.469 e. The van der Waals surface area contributed by atoms with Gasteiger partial charge in [0.15, 0.2) is 0 Å². The number of aromatic amines is 2. The summed E-state index contributed by atoms with van der Waals surface area (Å²) in [5, 5.41) is 0. The Hall–Kier alpha value is -7.10. The van der Waals surface area contributed by atoms with Crippen LogP contribution in [0.2, 0.25) is 0 Å². The number of carbonyl (C=O) groups is 8. The van der Waals surface area contributed by atoms with Crippen LogP contribution in [0.1, 0.15) is 97.8 Å². The van der Waals surface area contributed by atoms with Crippen LogP contribution >= 0.6 is 22.6 Å². The molecule has 0 unspecified atom stereocenters. The van der Waals surface area contributed by atoms with Crippen LogP contribution in [-0.2, 0) is 118 Å². The molecule has 0 aliphatic carbocycles. The van der Waals surface area contributed by atoms with Crippen molar-refractivity contribution in [2.24, 2.45) is 4.99 Å². The van der Waals surface area contributed by atoms with Gasteiger partial charge < -0.3 is 47.9 Å². The Labute approximate surface area is 423 Å². The number of esters is 8. The second kappa shape index (κ2) is 26.2. The highest BCUT2D eigenvalue weighted by Crippen LogP contribution is 2.45. The van der Waals surface area contributed by atoms with Gasteiger partial charge in [-0.1, -0.05) is 60.7 Å². The molecule has 2 aromatic heterocycles. The van der Waals surface area contributed by atoms with E-state index in [-0.39, 0.29) is 116 Å². The molecule has 19 nitrogen and oxygen atoms in total. The number of halogens is 1. The molecule has 20 heteroatoms. The van der Waals surface area contributed by atoms with Gasteiger partial charge in [0.1, 0.15) is 24.6 Å². The Kier molecular flexibility index (Phi) is 20.2. The van der Waals surface area contributed by atoms with Crippen molar-refractivity contribution in [1.82, 2.24) is 9.97 Å². The third-order valence-corrected chi connectivity index (χ3v) is 12.8. The van der Waals surface area contributed by atoms with Gasteiger partial charge in [-0.25, -0.2) is 9.59 Å². The summed E-state index contributed by atoms with van der Waals surface area (Å²) in [7, 11) is 7.28.